The molecule has 108 valence electrons. The maximum Gasteiger partial charge on any atom is 0.312 e. The Labute approximate surface area is 117 Å². The van der Waals surface area contributed by atoms with Gasteiger partial charge in [0.25, 0.3) is 0 Å². The second kappa shape index (κ2) is 5.60. The summed E-state index contributed by atoms with van der Waals surface area (Å²) in [5.74, 6) is 2.61. The molecule has 0 unspecified atom stereocenters. The molecule has 4 saturated carbocycles. The van der Waals surface area contributed by atoms with Gasteiger partial charge in [-0.05, 0) is 56.3 Å². The quantitative estimate of drug-likeness (QED) is 0.243. The largest absolute Gasteiger partial charge is 0.691 e. The standard InChI is InChI=1S/C13H20O5S/c14-12(16-1-2-19-18-17-15)13-6-9-3-10(7-13)5-11(4-9)8-13/h9-11,15H,1-8H2/p-1. The van der Waals surface area contributed by atoms with E-state index >= 15 is 0 Å². The second-order valence-electron chi connectivity index (χ2n) is 6.29. The highest BCUT2D eigenvalue weighted by Gasteiger charge is 2.55. The van der Waals surface area contributed by atoms with E-state index in [2.05, 4.69) is 9.37 Å². The number of carbonyl (C=O) groups is 1. The van der Waals surface area contributed by atoms with Crippen molar-refractivity contribution in [3.63, 3.8) is 0 Å². The minimum atomic E-state index is -0.199. The summed E-state index contributed by atoms with van der Waals surface area (Å²) >= 11 is 0.860. The van der Waals surface area contributed by atoms with E-state index in [1.165, 1.54) is 19.3 Å². The summed E-state index contributed by atoms with van der Waals surface area (Å²) in [6.07, 6.45) is 7.01. The van der Waals surface area contributed by atoms with E-state index in [1.807, 2.05) is 0 Å². The van der Waals surface area contributed by atoms with Crippen LogP contribution in [0.1, 0.15) is 38.5 Å². The molecule has 4 aliphatic rings. The number of esters is 1. The molecule has 19 heavy (non-hydrogen) atoms. The van der Waals surface area contributed by atoms with Crippen molar-refractivity contribution in [2.45, 2.75) is 38.5 Å². The Morgan fingerprint density at radius 1 is 1.16 bits per heavy atom. The summed E-state index contributed by atoms with van der Waals surface area (Å²) in [7, 11) is 0. The Bertz CT molecular complexity index is 311. The molecule has 4 rings (SSSR count). The fourth-order valence-corrected chi connectivity index (χ4v) is 4.99. The van der Waals surface area contributed by atoms with Gasteiger partial charge in [-0.3, -0.25) is 9.83 Å². The Morgan fingerprint density at radius 3 is 2.26 bits per heavy atom. The van der Waals surface area contributed by atoms with Crippen molar-refractivity contribution in [3.8, 4) is 0 Å². The average Bonchev–Trinajstić information content (AvgIpc) is 2.36. The van der Waals surface area contributed by atoms with Crippen molar-refractivity contribution in [1.29, 1.82) is 0 Å². The molecule has 4 aliphatic carbocycles. The predicted octanol–water partition coefficient (Wildman–Crippen LogP) is 1.62. The van der Waals surface area contributed by atoms with E-state index in [1.54, 1.807) is 0 Å². The lowest BCUT2D eigenvalue weighted by molar-refractivity contribution is -0.777. The molecular weight excluding hydrogens is 268 g/mol. The summed E-state index contributed by atoms with van der Waals surface area (Å²) in [5, 5.41) is 12.8. The molecule has 0 amide bonds. The lowest BCUT2D eigenvalue weighted by atomic mass is 9.49. The third-order valence-electron chi connectivity index (χ3n) is 4.95. The lowest BCUT2D eigenvalue weighted by Crippen LogP contribution is -2.50. The van der Waals surface area contributed by atoms with Gasteiger partial charge < -0.3 is 9.99 Å². The molecule has 4 fully saturated rings. The Morgan fingerprint density at radius 2 is 1.74 bits per heavy atom. The van der Waals surface area contributed by atoms with Crippen LogP contribution in [-0.2, 0) is 18.9 Å². The first kappa shape index (κ1) is 13.7. The van der Waals surface area contributed by atoms with Gasteiger partial charge in [-0.1, -0.05) is 0 Å². The highest BCUT2D eigenvalue weighted by atomic mass is 32.2. The van der Waals surface area contributed by atoms with Crippen molar-refractivity contribution in [2.75, 3.05) is 12.4 Å². The maximum atomic E-state index is 12.4. The summed E-state index contributed by atoms with van der Waals surface area (Å²) < 4.78 is 9.51. The number of hydrogen-bond acceptors (Lipinski definition) is 6. The molecule has 0 N–H and O–H groups in total. The fourth-order valence-electron chi connectivity index (χ4n) is 4.74. The minimum Gasteiger partial charge on any atom is -0.691 e. The van der Waals surface area contributed by atoms with E-state index in [4.69, 9.17) is 4.74 Å². The first-order valence-electron chi connectivity index (χ1n) is 6.97. The van der Waals surface area contributed by atoms with Gasteiger partial charge in [0.15, 0.2) is 0 Å². The van der Waals surface area contributed by atoms with Crippen LogP contribution in [0, 0.1) is 23.2 Å². The smallest absolute Gasteiger partial charge is 0.312 e. The normalized spacial score (nSPS) is 39.5. The van der Waals surface area contributed by atoms with E-state index in [9.17, 15) is 10.1 Å². The van der Waals surface area contributed by atoms with Crippen LogP contribution in [0.3, 0.4) is 0 Å². The molecular formula is C13H19O5S-. The highest BCUT2D eigenvalue weighted by Crippen LogP contribution is 2.60. The molecule has 0 radical (unpaired) electrons. The summed E-state index contributed by atoms with van der Waals surface area (Å²) in [4.78, 5) is 12.4. The zero-order valence-electron chi connectivity index (χ0n) is 10.8. The highest BCUT2D eigenvalue weighted by molar-refractivity contribution is 7.94. The first-order chi connectivity index (χ1) is 9.22. The van der Waals surface area contributed by atoms with Crippen LogP contribution in [0.25, 0.3) is 0 Å². The number of ether oxygens (including phenoxy) is 1. The van der Waals surface area contributed by atoms with Crippen LogP contribution in [0.2, 0.25) is 0 Å². The number of rotatable bonds is 6. The number of carbonyl (C=O) groups excluding carboxylic acids is 1. The third-order valence-corrected chi connectivity index (χ3v) is 5.43. The SMILES string of the molecule is O=C(OCCSOO[O-])C12CC3CC(CC(C3)C1)C2. The molecule has 0 aromatic rings. The van der Waals surface area contributed by atoms with Crippen LogP contribution < -0.4 is 5.26 Å². The molecule has 0 saturated heterocycles. The van der Waals surface area contributed by atoms with Crippen LogP contribution >= 0.6 is 12.0 Å². The van der Waals surface area contributed by atoms with Gasteiger partial charge in [0.2, 0.25) is 0 Å². The molecule has 0 aromatic carbocycles. The van der Waals surface area contributed by atoms with Gasteiger partial charge in [0, 0.05) is 12.0 Å². The molecule has 0 heterocycles. The van der Waals surface area contributed by atoms with Gasteiger partial charge in [0.05, 0.1) is 11.2 Å². The molecule has 4 bridgehead atoms. The summed E-state index contributed by atoms with van der Waals surface area (Å²) in [5.41, 5.74) is -0.199. The Kier molecular flexibility index (Phi) is 4.03. The van der Waals surface area contributed by atoms with E-state index in [0.717, 1.165) is 49.1 Å². The van der Waals surface area contributed by atoms with Crippen molar-refractivity contribution in [3.05, 3.63) is 0 Å². The predicted molar refractivity (Wildman–Crippen MR) is 66.2 cm³/mol. The first-order valence-corrected chi connectivity index (χ1v) is 7.88. The topological polar surface area (TPSA) is 67.8 Å². The fraction of sp³-hybridized carbons (Fsp3) is 0.923. The third kappa shape index (κ3) is 2.77. The molecule has 0 aromatic heterocycles. The van der Waals surface area contributed by atoms with Crippen molar-refractivity contribution < 1.29 is 24.2 Å². The Balaban J connectivity index is 1.52. The van der Waals surface area contributed by atoms with Crippen LogP contribution in [-0.4, -0.2) is 18.3 Å². The van der Waals surface area contributed by atoms with Crippen molar-refractivity contribution >= 4 is 18.0 Å². The van der Waals surface area contributed by atoms with Gasteiger partial charge in [-0.2, -0.15) is 4.33 Å². The Hall–Kier alpha value is -0.300. The average molecular weight is 287 g/mol. The van der Waals surface area contributed by atoms with Crippen LogP contribution in [0.15, 0.2) is 0 Å². The molecule has 5 nitrogen and oxygen atoms in total. The molecule has 6 heteroatoms. The van der Waals surface area contributed by atoms with Gasteiger partial charge in [-0.15, -0.1) is 0 Å². The summed E-state index contributed by atoms with van der Waals surface area (Å²) in [6, 6.07) is 0. The van der Waals surface area contributed by atoms with Gasteiger partial charge in [-0.25, -0.2) is 0 Å². The second-order valence-corrected chi connectivity index (χ2v) is 7.07. The monoisotopic (exact) mass is 287 g/mol. The van der Waals surface area contributed by atoms with Crippen LogP contribution in [0.5, 0.6) is 0 Å². The lowest BCUT2D eigenvalue weighted by Gasteiger charge is -2.55. The van der Waals surface area contributed by atoms with Crippen LogP contribution in [0.4, 0.5) is 0 Å². The molecule has 0 spiro atoms. The maximum absolute atomic E-state index is 12.4. The zero-order chi connectivity index (χ0) is 13.3. The van der Waals surface area contributed by atoms with E-state index in [0.29, 0.717) is 5.75 Å². The molecule has 0 atom stereocenters. The zero-order valence-corrected chi connectivity index (χ0v) is 11.7. The van der Waals surface area contributed by atoms with Gasteiger partial charge in [0.1, 0.15) is 6.61 Å². The van der Waals surface area contributed by atoms with E-state index < -0.39 is 0 Å². The van der Waals surface area contributed by atoms with E-state index in [-0.39, 0.29) is 18.0 Å². The van der Waals surface area contributed by atoms with Crippen molar-refractivity contribution in [1.82, 2.24) is 0 Å². The molecule has 0 aliphatic heterocycles. The summed E-state index contributed by atoms with van der Waals surface area (Å²) in [6.45, 7) is 0.272. The van der Waals surface area contributed by atoms with Crippen molar-refractivity contribution in [2.24, 2.45) is 23.2 Å². The number of hydrogen-bond donors (Lipinski definition) is 0. The minimum absolute atomic E-state index is 0.0322. The van der Waals surface area contributed by atoms with Gasteiger partial charge >= 0.3 is 5.97 Å².